The summed E-state index contributed by atoms with van der Waals surface area (Å²) >= 11 is 0. The van der Waals surface area contributed by atoms with Gasteiger partial charge in [-0.05, 0) is 23.8 Å². The van der Waals surface area contributed by atoms with Crippen molar-refractivity contribution in [2.24, 2.45) is 7.05 Å². The molecule has 1 aromatic heterocycles. The third kappa shape index (κ3) is 3.22. The number of benzene rings is 1. The van der Waals surface area contributed by atoms with E-state index in [1.54, 1.807) is 36.1 Å². The van der Waals surface area contributed by atoms with Gasteiger partial charge in [0.15, 0.2) is 17.3 Å². The fourth-order valence-corrected chi connectivity index (χ4v) is 1.83. The topological polar surface area (TPSA) is 73.6 Å². The Morgan fingerprint density at radius 1 is 1.29 bits per heavy atom. The average molecular weight is 288 g/mol. The molecular formula is C15H16N2O4. The van der Waals surface area contributed by atoms with Gasteiger partial charge in [0.05, 0.1) is 26.0 Å². The molecule has 1 aromatic carbocycles. The minimum absolute atomic E-state index is 0.0734. The highest BCUT2D eigenvalue weighted by atomic mass is 16.5. The zero-order valence-electron chi connectivity index (χ0n) is 12.0. The molecule has 0 saturated heterocycles. The Morgan fingerprint density at radius 3 is 2.38 bits per heavy atom. The number of phenols is 1. The van der Waals surface area contributed by atoms with Gasteiger partial charge in [0, 0.05) is 13.2 Å². The van der Waals surface area contributed by atoms with Crippen molar-refractivity contribution in [2.75, 3.05) is 14.2 Å². The molecule has 0 unspecified atom stereocenters. The number of hydrogen-bond donors (Lipinski definition) is 1. The summed E-state index contributed by atoms with van der Waals surface area (Å²) in [5, 5.41) is 13.8. The number of aromatic hydroxyl groups is 1. The van der Waals surface area contributed by atoms with E-state index in [-0.39, 0.29) is 23.0 Å². The molecule has 0 aliphatic rings. The van der Waals surface area contributed by atoms with Gasteiger partial charge >= 0.3 is 0 Å². The molecule has 0 fully saturated rings. The number of rotatable bonds is 5. The molecular weight excluding hydrogens is 272 g/mol. The number of aryl methyl sites for hydroxylation is 1. The maximum absolute atomic E-state index is 12.0. The van der Waals surface area contributed by atoms with Crippen LogP contribution in [0, 0.1) is 0 Å². The summed E-state index contributed by atoms with van der Waals surface area (Å²) in [6.45, 7) is 0. The molecule has 2 aromatic rings. The largest absolute Gasteiger partial charge is 0.502 e. The number of nitrogens with zero attached hydrogens (tertiary/aromatic N) is 2. The lowest BCUT2D eigenvalue weighted by Crippen LogP contribution is -1.93. The zero-order chi connectivity index (χ0) is 15.4. The van der Waals surface area contributed by atoms with E-state index in [0.29, 0.717) is 11.1 Å². The molecule has 0 spiro atoms. The van der Waals surface area contributed by atoms with Gasteiger partial charge in [0.1, 0.15) is 0 Å². The molecule has 21 heavy (non-hydrogen) atoms. The Balaban J connectivity index is 2.26. The van der Waals surface area contributed by atoms with E-state index in [4.69, 9.17) is 9.47 Å². The Morgan fingerprint density at radius 2 is 1.90 bits per heavy atom. The lowest BCUT2D eigenvalue weighted by Gasteiger charge is -2.09. The van der Waals surface area contributed by atoms with E-state index in [0.717, 1.165) is 0 Å². The number of phenolic OH excluding ortho intramolecular Hbond substituents is 1. The van der Waals surface area contributed by atoms with E-state index < -0.39 is 0 Å². The molecule has 0 bridgehead atoms. The number of carbonyl (C=O) groups excluding carboxylic acids is 1. The normalized spacial score (nSPS) is 10.8. The minimum Gasteiger partial charge on any atom is -0.502 e. The standard InChI is InChI=1S/C15H16N2O4/c1-17-9-11(8-16-17)12(18)5-4-10-6-13(20-2)15(19)14(7-10)21-3/h4-9,19H,1-3H3. The second-order valence-electron chi connectivity index (χ2n) is 4.37. The summed E-state index contributed by atoms with van der Waals surface area (Å²) in [4.78, 5) is 12.0. The molecule has 0 aliphatic carbocycles. The predicted octanol–water partition coefficient (Wildman–Crippen LogP) is 2.04. The van der Waals surface area contributed by atoms with E-state index >= 15 is 0 Å². The molecule has 6 nitrogen and oxygen atoms in total. The molecule has 6 heteroatoms. The quantitative estimate of drug-likeness (QED) is 0.673. The summed E-state index contributed by atoms with van der Waals surface area (Å²) in [6, 6.07) is 3.23. The SMILES string of the molecule is COc1cc(C=CC(=O)c2cnn(C)c2)cc(OC)c1O. The first-order valence-electron chi connectivity index (χ1n) is 6.21. The zero-order valence-corrected chi connectivity index (χ0v) is 12.0. The Hall–Kier alpha value is -2.76. The van der Waals surface area contributed by atoms with Crippen molar-refractivity contribution < 1.29 is 19.4 Å². The molecule has 0 saturated carbocycles. The molecule has 0 amide bonds. The van der Waals surface area contributed by atoms with Crippen molar-refractivity contribution in [3.05, 3.63) is 41.7 Å². The Bertz CT molecular complexity index is 664. The van der Waals surface area contributed by atoms with Crippen LogP contribution in [0.1, 0.15) is 15.9 Å². The van der Waals surface area contributed by atoms with Gasteiger partial charge in [-0.25, -0.2) is 0 Å². The highest BCUT2D eigenvalue weighted by Crippen LogP contribution is 2.37. The first-order chi connectivity index (χ1) is 10.0. The first-order valence-corrected chi connectivity index (χ1v) is 6.21. The van der Waals surface area contributed by atoms with E-state index in [9.17, 15) is 9.90 Å². The molecule has 0 aliphatic heterocycles. The smallest absolute Gasteiger partial charge is 0.200 e. The summed E-state index contributed by atoms with van der Waals surface area (Å²) in [5.41, 5.74) is 1.19. The van der Waals surface area contributed by atoms with E-state index in [2.05, 4.69) is 5.10 Å². The van der Waals surface area contributed by atoms with Crippen LogP contribution in [0.5, 0.6) is 17.2 Å². The third-order valence-corrected chi connectivity index (χ3v) is 2.92. The summed E-state index contributed by atoms with van der Waals surface area (Å²) < 4.78 is 11.7. The first kappa shape index (κ1) is 14.6. The van der Waals surface area contributed by atoms with Gasteiger partial charge in [0.25, 0.3) is 0 Å². The number of hydrogen-bond acceptors (Lipinski definition) is 5. The van der Waals surface area contributed by atoms with Crippen molar-refractivity contribution in [2.45, 2.75) is 0 Å². The monoisotopic (exact) mass is 288 g/mol. The second-order valence-corrected chi connectivity index (χ2v) is 4.37. The molecule has 0 atom stereocenters. The number of carbonyl (C=O) groups is 1. The molecule has 1 heterocycles. The third-order valence-electron chi connectivity index (χ3n) is 2.92. The summed E-state index contributed by atoms with van der Waals surface area (Å²) in [6.07, 6.45) is 6.21. The van der Waals surface area contributed by atoms with Gasteiger partial charge in [-0.2, -0.15) is 5.10 Å². The second kappa shape index (κ2) is 6.13. The van der Waals surface area contributed by atoms with Crippen LogP contribution in [0.2, 0.25) is 0 Å². The van der Waals surface area contributed by atoms with E-state index in [1.807, 2.05) is 0 Å². The van der Waals surface area contributed by atoms with Crippen molar-refractivity contribution in [3.8, 4) is 17.2 Å². The number of ketones is 1. The van der Waals surface area contributed by atoms with Crippen LogP contribution in [0.15, 0.2) is 30.6 Å². The highest BCUT2D eigenvalue weighted by Gasteiger charge is 2.10. The van der Waals surface area contributed by atoms with Crippen LogP contribution in [-0.4, -0.2) is 34.9 Å². The van der Waals surface area contributed by atoms with Crippen LogP contribution in [0.25, 0.3) is 6.08 Å². The van der Waals surface area contributed by atoms with Gasteiger partial charge in [0.2, 0.25) is 5.75 Å². The summed E-state index contributed by atoms with van der Waals surface area (Å²) in [5.74, 6) is 0.329. The molecule has 2 rings (SSSR count). The van der Waals surface area contributed by atoms with Crippen LogP contribution in [0.4, 0.5) is 0 Å². The number of aromatic nitrogens is 2. The Labute approximate surface area is 122 Å². The Kier molecular flexibility index (Phi) is 4.27. The lowest BCUT2D eigenvalue weighted by atomic mass is 10.1. The molecule has 1 N–H and O–H groups in total. The lowest BCUT2D eigenvalue weighted by molar-refractivity contribution is 0.104. The van der Waals surface area contributed by atoms with Gasteiger partial charge < -0.3 is 14.6 Å². The van der Waals surface area contributed by atoms with Gasteiger partial charge in [-0.3, -0.25) is 9.48 Å². The average Bonchev–Trinajstić information content (AvgIpc) is 2.92. The number of ether oxygens (including phenoxy) is 2. The van der Waals surface area contributed by atoms with Gasteiger partial charge in [-0.15, -0.1) is 0 Å². The fourth-order valence-electron chi connectivity index (χ4n) is 1.83. The molecule has 0 radical (unpaired) electrons. The van der Waals surface area contributed by atoms with Crippen LogP contribution >= 0.6 is 0 Å². The van der Waals surface area contributed by atoms with Crippen molar-refractivity contribution >= 4 is 11.9 Å². The van der Waals surface area contributed by atoms with Crippen molar-refractivity contribution in [1.29, 1.82) is 0 Å². The predicted molar refractivity (Wildman–Crippen MR) is 77.8 cm³/mol. The fraction of sp³-hybridized carbons (Fsp3) is 0.200. The number of methoxy groups -OCH3 is 2. The molecule has 110 valence electrons. The maximum atomic E-state index is 12.0. The minimum atomic E-state index is -0.158. The van der Waals surface area contributed by atoms with Crippen molar-refractivity contribution in [3.63, 3.8) is 0 Å². The highest BCUT2D eigenvalue weighted by molar-refractivity contribution is 6.06. The van der Waals surface area contributed by atoms with Crippen molar-refractivity contribution in [1.82, 2.24) is 9.78 Å². The maximum Gasteiger partial charge on any atom is 0.200 e. The van der Waals surface area contributed by atoms with Crippen LogP contribution in [-0.2, 0) is 7.05 Å². The van der Waals surface area contributed by atoms with E-state index in [1.165, 1.54) is 26.5 Å². The summed E-state index contributed by atoms with van der Waals surface area (Å²) in [7, 11) is 4.64. The number of allylic oxidation sites excluding steroid dienone is 1. The van der Waals surface area contributed by atoms with Crippen LogP contribution < -0.4 is 9.47 Å². The van der Waals surface area contributed by atoms with Gasteiger partial charge in [-0.1, -0.05) is 6.08 Å². The van der Waals surface area contributed by atoms with Crippen LogP contribution in [0.3, 0.4) is 0 Å².